The minimum atomic E-state index is -0.181. The van der Waals surface area contributed by atoms with Gasteiger partial charge in [0.1, 0.15) is 0 Å². The van der Waals surface area contributed by atoms with E-state index >= 15 is 0 Å². The summed E-state index contributed by atoms with van der Waals surface area (Å²) in [6.07, 6.45) is 3.45. The number of nitrogens with zero attached hydrogens (tertiary/aromatic N) is 3. The summed E-state index contributed by atoms with van der Waals surface area (Å²) in [5.41, 5.74) is 15.1. The number of carbonyl (C=O) groups excluding carboxylic acids is 1. The largest absolute Gasteiger partial charge is 1.00 e. The number of nitrogens with two attached hydrogens (primary N) is 3. The topological polar surface area (TPSA) is 189 Å². The Morgan fingerprint density at radius 1 is 1.16 bits per heavy atom. The fourth-order valence-electron chi connectivity index (χ4n) is 1.02. The van der Waals surface area contributed by atoms with E-state index in [2.05, 4.69) is 20.2 Å². The van der Waals surface area contributed by atoms with Gasteiger partial charge in [0, 0.05) is 61.8 Å². The number of rotatable bonds is 7. The first-order valence-electron chi connectivity index (χ1n) is 8.00. The second-order valence-electron chi connectivity index (χ2n) is 4.25. The van der Waals surface area contributed by atoms with Gasteiger partial charge in [-0.1, -0.05) is 23.2 Å². The van der Waals surface area contributed by atoms with Crippen molar-refractivity contribution in [2.24, 2.45) is 17.2 Å². The van der Waals surface area contributed by atoms with E-state index in [1.54, 1.807) is 18.5 Å². The molecule has 0 aliphatic heterocycles. The SMILES string of the molecule is CC#N.ClCc1cnc(Cl)s1.NCCN.NCCNCc1cnc(Cl)s1.O=CO[O-].[H-].[K+].[K+]. The molecule has 32 heavy (non-hydrogen) atoms. The molecule has 0 atom stereocenters. The Labute approximate surface area is 298 Å². The van der Waals surface area contributed by atoms with Crippen LogP contribution in [0.1, 0.15) is 18.1 Å². The summed E-state index contributed by atoms with van der Waals surface area (Å²) in [5.74, 6) is 0.504. The molecule has 0 aliphatic carbocycles. The predicted molar refractivity (Wildman–Crippen MR) is 122 cm³/mol. The molecule has 2 aromatic heterocycles. The molecule has 0 bridgehead atoms. The molecule has 174 valence electrons. The van der Waals surface area contributed by atoms with Gasteiger partial charge in [-0.15, -0.1) is 34.3 Å². The van der Waals surface area contributed by atoms with Crippen molar-refractivity contribution in [3.05, 3.63) is 31.1 Å². The van der Waals surface area contributed by atoms with Crippen LogP contribution >= 0.6 is 57.5 Å². The Morgan fingerprint density at radius 2 is 1.56 bits per heavy atom. The van der Waals surface area contributed by atoms with Gasteiger partial charge in [0.15, 0.2) is 8.93 Å². The van der Waals surface area contributed by atoms with Crippen LogP contribution in [0.4, 0.5) is 0 Å². The van der Waals surface area contributed by atoms with Gasteiger partial charge < -0.3 is 34.1 Å². The Balaban J connectivity index is -0.0000000738. The summed E-state index contributed by atoms with van der Waals surface area (Å²) in [6.45, 7) is 4.74. The Kier molecular flexibility index (Phi) is 52.1. The molecule has 0 saturated heterocycles. The smallest absolute Gasteiger partial charge is 1.00 e. The van der Waals surface area contributed by atoms with E-state index in [0.717, 1.165) is 22.8 Å². The van der Waals surface area contributed by atoms with Gasteiger partial charge >= 0.3 is 103 Å². The van der Waals surface area contributed by atoms with E-state index in [1.807, 2.05) is 0 Å². The van der Waals surface area contributed by atoms with Crippen molar-refractivity contribution in [1.82, 2.24) is 15.3 Å². The van der Waals surface area contributed by atoms with Crippen molar-refractivity contribution in [3.63, 3.8) is 0 Å². The van der Waals surface area contributed by atoms with Crippen molar-refractivity contribution in [3.8, 4) is 6.07 Å². The summed E-state index contributed by atoms with van der Waals surface area (Å²) in [7, 11) is 0. The van der Waals surface area contributed by atoms with Crippen molar-refractivity contribution in [2.75, 3.05) is 26.2 Å². The minimum Gasteiger partial charge on any atom is -1.00 e. The number of nitriles is 1. The fraction of sp³-hybridized carbons (Fsp3) is 0.467. The van der Waals surface area contributed by atoms with Crippen LogP contribution in [-0.2, 0) is 22.1 Å². The quantitative estimate of drug-likeness (QED) is 0.0601. The first kappa shape index (κ1) is 44.2. The molecule has 7 N–H and O–H groups in total. The van der Waals surface area contributed by atoms with E-state index in [-0.39, 0.29) is 111 Å². The molecule has 0 aliphatic rings. The van der Waals surface area contributed by atoms with Crippen LogP contribution in [0.3, 0.4) is 0 Å². The van der Waals surface area contributed by atoms with Gasteiger partial charge in [-0.25, -0.2) is 9.97 Å². The second-order valence-corrected chi connectivity index (χ2v) is 7.91. The zero-order chi connectivity index (χ0) is 23.6. The van der Waals surface area contributed by atoms with Crippen molar-refractivity contribution >= 4 is 63.9 Å². The van der Waals surface area contributed by atoms with Gasteiger partial charge in [-0.2, -0.15) is 5.26 Å². The normalized spacial score (nSPS) is 7.84. The fourth-order valence-corrected chi connectivity index (χ4v) is 3.03. The van der Waals surface area contributed by atoms with E-state index < -0.39 is 0 Å². The number of aromatic nitrogens is 2. The zero-order valence-electron chi connectivity index (χ0n) is 19.2. The molecular formula is C15H26Cl3K2N7O3S2. The van der Waals surface area contributed by atoms with E-state index in [0.29, 0.717) is 34.4 Å². The number of thiazole rings is 2. The molecule has 10 nitrogen and oxygen atoms in total. The van der Waals surface area contributed by atoms with Crippen molar-refractivity contribution < 1.29 is 119 Å². The third kappa shape index (κ3) is 36.7. The Hall–Kier alpha value is 2.16. The van der Waals surface area contributed by atoms with Gasteiger partial charge in [-0.05, 0) is 0 Å². The van der Waals surface area contributed by atoms with Gasteiger partial charge in [0.2, 0.25) is 0 Å². The maximum absolute atomic E-state index is 8.64. The Bertz CT molecular complexity index is 673. The van der Waals surface area contributed by atoms with Crippen LogP contribution < -0.4 is 131 Å². The first-order valence-corrected chi connectivity index (χ1v) is 10.9. The standard InChI is InChI=1S/C6H10ClN3S.C4H3Cl2NS.C2H8N2.C2H3N.CH2O3.2K.H/c7-6-10-4-5(11-6)3-9-2-1-8;5-1-3-2-7-4(6)8-3;3-1-2-4;1-2-3;2-1-4-3;;;/h4,9H,1-3,8H2;2H,1H2;1-4H2;1H3;1,3H;;;/q;;;;;2*+1;-1/p-1. The molecule has 2 rings (SSSR count). The van der Waals surface area contributed by atoms with Gasteiger partial charge in [0.05, 0.1) is 11.9 Å². The average molecular weight is 601 g/mol. The summed E-state index contributed by atoms with van der Waals surface area (Å²) in [4.78, 5) is 21.1. The molecule has 17 heteroatoms. The monoisotopic (exact) mass is 599 g/mol. The maximum atomic E-state index is 8.64. The third-order valence-corrected chi connectivity index (χ3v) is 4.68. The number of nitrogens with one attached hydrogen (secondary N) is 1. The molecule has 0 saturated carbocycles. The number of halogens is 3. The number of carbonyl (C=O) groups is 1. The summed E-state index contributed by atoms with van der Waals surface area (Å²) in [5, 5.41) is 18.9. The number of alkyl halides is 1. The Morgan fingerprint density at radius 3 is 1.78 bits per heavy atom. The third-order valence-electron chi connectivity index (χ3n) is 2.01. The van der Waals surface area contributed by atoms with Crippen molar-refractivity contribution in [1.29, 1.82) is 5.26 Å². The van der Waals surface area contributed by atoms with Crippen LogP contribution in [0.15, 0.2) is 12.4 Å². The van der Waals surface area contributed by atoms with Crippen molar-refractivity contribution in [2.45, 2.75) is 19.3 Å². The van der Waals surface area contributed by atoms with Crippen LogP contribution in [-0.4, -0.2) is 42.6 Å². The molecule has 0 amide bonds. The van der Waals surface area contributed by atoms with Crippen LogP contribution in [0, 0.1) is 11.3 Å². The van der Waals surface area contributed by atoms with E-state index in [1.165, 1.54) is 29.6 Å². The predicted octanol–water partition coefficient (Wildman–Crippen LogP) is -4.63. The molecule has 0 spiro atoms. The van der Waals surface area contributed by atoms with Gasteiger partial charge in [-0.3, -0.25) is 4.79 Å². The first-order chi connectivity index (χ1) is 14.4. The van der Waals surface area contributed by atoms with Crippen LogP contribution in [0.2, 0.25) is 8.93 Å². The molecular weight excluding hydrogens is 575 g/mol. The molecule has 0 fully saturated rings. The summed E-state index contributed by atoms with van der Waals surface area (Å²) >= 11 is 19.5. The van der Waals surface area contributed by atoms with E-state index in [9.17, 15) is 0 Å². The minimum absolute atomic E-state index is 0. The average Bonchev–Trinajstić information content (AvgIpc) is 3.37. The summed E-state index contributed by atoms with van der Waals surface area (Å²) in [6, 6.07) is 1.75. The molecule has 0 aromatic carbocycles. The van der Waals surface area contributed by atoms with Gasteiger partial charge in [0.25, 0.3) is 6.47 Å². The molecule has 0 unspecified atom stereocenters. The van der Waals surface area contributed by atoms with Crippen LogP contribution in [0.25, 0.3) is 0 Å². The second kappa shape index (κ2) is 37.7. The number of hydrogen-bond acceptors (Lipinski definition) is 12. The van der Waals surface area contributed by atoms with E-state index in [4.69, 9.17) is 67.3 Å². The molecule has 2 aromatic rings. The number of hydrogen-bond donors (Lipinski definition) is 4. The molecule has 0 radical (unpaired) electrons. The zero-order valence-corrected chi connectivity index (χ0v) is 28.4. The molecule has 2 heterocycles. The van der Waals surface area contributed by atoms with Crippen LogP contribution in [0.5, 0.6) is 0 Å². The maximum Gasteiger partial charge on any atom is 1.00 e. The summed E-state index contributed by atoms with van der Waals surface area (Å²) < 4.78 is 1.15.